The topological polar surface area (TPSA) is 74.8 Å². The molecular formula is C9H13N3O2S. The maximum absolute atomic E-state index is 11.1. The van der Waals surface area contributed by atoms with Gasteiger partial charge in [0.05, 0.1) is 11.9 Å². The first-order chi connectivity index (χ1) is 7.24. The molecule has 1 aromatic rings. The van der Waals surface area contributed by atoms with Crippen LogP contribution in [0, 0.1) is 0 Å². The first kappa shape index (κ1) is 10.4. The fourth-order valence-corrected chi connectivity index (χ4v) is 2.93. The lowest BCUT2D eigenvalue weighted by atomic mass is 10.1. The van der Waals surface area contributed by atoms with Crippen molar-refractivity contribution in [2.45, 2.75) is 18.9 Å². The molecule has 15 heavy (non-hydrogen) atoms. The van der Waals surface area contributed by atoms with Gasteiger partial charge in [-0.3, -0.25) is 9.00 Å². The molecule has 5 nitrogen and oxygen atoms in total. The molecule has 1 aliphatic heterocycles. The third-order valence-electron chi connectivity index (χ3n) is 2.42. The number of hydrogen-bond acceptors (Lipinski definition) is 4. The molecule has 0 radical (unpaired) electrons. The van der Waals surface area contributed by atoms with E-state index in [9.17, 15) is 9.00 Å². The van der Waals surface area contributed by atoms with Crippen molar-refractivity contribution in [1.82, 2.24) is 10.2 Å². The molecule has 2 rings (SSSR count). The van der Waals surface area contributed by atoms with Crippen LogP contribution in [0.2, 0.25) is 0 Å². The van der Waals surface area contributed by atoms with Crippen molar-refractivity contribution in [2.24, 2.45) is 0 Å². The summed E-state index contributed by atoms with van der Waals surface area (Å²) in [6, 6.07) is 1.80. The number of rotatable bonds is 2. The monoisotopic (exact) mass is 227 g/mol. The molecule has 6 heteroatoms. The summed E-state index contributed by atoms with van der Waals surface area (Å²) in [6.07, 6.45) is 3.37. The normalized spacial score (nSPS) is 26.1. The van der Waals surface area contributed by atoms with E-state index >= 15 is 0 Å². The first-order valence-electron chi connectivity index (χ1n) is 4.90. The van der Waals surface area contributed by atoms with Gasteiger partial charge >= 0.3 is 0 Å². The summed E-state index contributed by atoms with van der Waals surface area (Å²) in [5.74, 6) is 1.49. The summed E-state index contributed by atoms with van der Waals surface area (Å²) in [7, 11) is -0.647. The van der Waals surface area contributed by atoms with Crippen LogP contribution in [0.4, 0.5) is 5.69 Å². The number of nitrogens with one attached hydrogen (secondary N) is 2. The smallest absolute Gasteiger partial charge is 0.266 e. The quantitative estimate of drug-likeness (QED) is 0.751. The summed E-state index contributed by atoms with van der Waals surface area (Å²) in [5.41, 5.74) is 0.524. The molecule has 2 heterocycles. The molecule has 0 amide bonds. The van der Waals surface area contributed by atoms with Crippen molar-refractivity contribution in [3.8, 4) is 0 Å². The summed E-state index contributed by atoms with van der Waals surface area (Å²) >= 11 is 0. The molecule has 0 aliphatic carbocycles. The summed E-state index contributed by atoms with van der Waals surface area (Å²) in [4.78, 5) is 11.0. The minimum Gasteiger partial charge on any atom is -0.381 e. The molecule has 0 saturated carbocycles. The van der Waals surface area contributed by atoms with Crippen molar-refractivity contribution in [1.29, 1.82) is 0 Å². The van der Waals surface area contributed by atoms with E-state index in [1.54, 1.807) is 6.20 Å². The maximum Gasteiger partial charge on any atom is 0.266 e. The van der Waals surface area contributed by atoms with Crippen molar-refractivity contribution in [3.63, 3.8) is 0 Å². The van der Waals surface area contributed by atoms with Gasteiger partial charge in [0.25, 0.3) is 5.56 Å². The van der Waals surface area contributed by atoms with Crippen LogP contribution >= 0.6 is 0 Å². The molecule has 1 saturated heterocycles. The van der Waals surface area contributed by atoms with Gasteiger partial charge in [-0.05, 0) is 12.8 Å². The highest BCUT2D eigenvalue weighted by Crippen LogP contribution is 2.14. The van der Waals surface area contributed by atoms with Crippen LogP contribution in [0.3, 0.4) is 0 Å². The van der Waals surface area contributed by atoms with Gasteiger partial charge in [-0.1, -0.05) is 0 Å². The zero-order valence-electron chi connectivity index (χ0n) is 8.23. The lowest BCUT2D eigenvalue weighted by Crippen LogP contribution is -2.29. The minimum atomic E-state index is -0.647. The Kier molecular flexibility index (Phi) is 3.15. The van der Waals surface area contributed by atoms with Gasteiger partial charge in [0.2, 0.25) is 0 Å². The summed E-state index contributed by atoms with van der Waals surface area (Å²) in [6.45, 7) is 0. The molecule has 1 fully saturated rings. The number of hydrogen-bond donors (Lipinski definition) is 2. The van der Waals surface area contributed by atoms with Crippen molar-refractivity contribution in [2.75, 3.05) is 16.8 Å². The number of aromatic amines is 1. The minimum absolute atomic E-state index is 0.209. The van der Waals surface area contributed by atoms with Gasteiger partial charge in [0, 0.05) is 34.4 Å². The summed E-state index contributed by atoms with van der Waals surface area (Å²) < 4.78 is 11.1. The average Bonchev–Trinajstić information content (AvgIpc) is 2.22. The predicted octanol–water partition coefficient (Wildman–Crippen LogP) is 0.0929. The zero-order chi connectivity index (χ0) is 10.7. The first-order valence-corrected chi connectivity index (χ1v) is 6.39. The average molecular weight is 227 g/mol. The van der Waals surface area contributed by atoms with Crippen molar-refractivity contribution >= 4 is 16.5 Å². The summed E-state index contributed by atoms with van der Waals surface area (Å²) in [5, 5.41) is 9.25. The Morgan fingerprint density at radius 2 is 2.20 bits per heavy atom. The van der Waals surface area contributed by atoms with Crippen LogP contribution in [0.1, 0.15) is 12.8 Å². The maximum atomic E-state index is 11.1. The molecule has 1 aromatic heterocycles. The van der Waals surface area contributed by atoms with Gasteiger partial charge in [-0.2, -0.15) is 5.10 Å². The van der Waals surface area contributed by atoms with Crippen molar-refractivity contribution < 1.29 is 4.21 Å². The highest BCUT2D eigenvalue weighted by molar-refractivity contribution is 7.85. The Balaban J connectivity index is 1.97. The molecular weight excluding hydrogens is 214 g/mol. The molecule has 0 bridgehead atoms. The van der Waals surface area contributed by atoms with E-state index in [2.05, 4.69) is 15.5 Å². The number of aromatic nitrogens is 2. The van der Waals surface area contributed by atoms with Crippen LogP contribution in [0.15, 0.2) is 17.1 Å². The SMILES string of the molecule is O=c1cc(NC2CCS(=O)CC2)cn[nH]1. The van der Waals surface area contributed by atoms with Crippen LogP contribution in [-0.2, 0) is 10.8 Å². The lowest BCUT2D eigenvalue weighted by Gasteiger charge is -2.23. The second kappa shape index (κ2) is 4.57. The van der Waals surface area contributed by atoms with Gasteiger partial charge in [-0.15, -0.1) is 0 Å². The second-order valence-corrected chi connectivity index (χ2v) is 5.30. The Morgan fingerprint density at radius 3 is 2.87 bits per heavy atom. The largest absolute Gasteiger partial charge is 0.381 e. The Hall–Kier alpha value is -1.17. The van der Waals surface area contributed by atoms with Gasteiger partial charge < -0.3 is 5.32 Å². The molecule has 0 unspecified atom stereocenters. The zero-order valence-corrected chi connectivity index (χ0v) is 9.05. The van der Waals surface area contributed by atoms with Gasteiger partial charge in [0.1, 0.15) is 0 Å². The standard InChI is InChI=1S/C9H13N3O2S/c13-9-5-8(6-10-12-9)11-7-1-3-15(14)4-2-7/h5-7H,1-4H2,(H2,11,12,13). The number of anilines is 1. The molecule has 0 spiro atoms. The van der Waals surface area contributed by atoms with Gasteiger partial charge in [-0.25, -0.2) is 5.10 Å². The van der Waals surface area contributed by atoms with E-state index < -0.39 is 10.8 Å². The van der Waals surface area contributed by atoms with E-state index in [0.29, 0.717) is 6.04 Å². The third kappa shape index (κ3) is 2.89. The molecule has 0 atom stereocenters. The second-order valence-electron chi connectivity index (χ2n) is 3.60. The van der Waals surface area contributed by atoms with E-state index in [4.69, 9.17) is 0 Å². The lowest BCUT2D eigenvalue weighted by molar-refractivity contribution is 0.623. The van der Waals surface area contributed by atoms with Crippen molar-refractivity contribution in [3.05, 3.63) is 22.6 Å². The Bertz CT molecular complexity index is 408. The van der Waals surface area contributed by atoms with Crippen LogP contribution in [0.5, 0.6) is 0 Å². The number of H-pyrrole nitrogens is 1. The van der Waals surface area contributed by atoms with Crippen LogP contribution in [-0.4, -0.2) is 32.0 Å². The third-order valence-corrected chi connectivity index (χ3v) is 3.81. The highest BCUT2D eigenvalue weighted by Gasteiger charge is 2.17. The number of nitrogens with zero attached hydrogens (tertiary/aromatic N) is 1. The van der Waals surface area contributed by atoms with Crippen LogP contribution < -0.4 is 10.9 Å². The van der Waals surface area contributed by atoms with E-state index in [1.807, 2.05) is 0 Å². The van der Waals surface area contributed by atoms with Crippen LogP contribution in [0.25, 0.3) is 0 Å². The fraction of sp³-hybridized carbons (Fsp3) is 0.556. The van der Waals surface area contributed by atoms with E-state index in [1.165, 1.54) is 6.07 Å². The van der Waals surface area contributed by atoms with Gasteiger partial charge in [0.15, 0.2) is 0 Å². The molecule has 0 aromatic carbocycles. The molecule has 82 valence electrons. The van der Waals surface area contributed by atoms with E-state index in [0.717, 1.165) is 30.0 Å². The predicted molar refractivity (Wildman–Crippen MR) is 59.4 cm³/mol. The van der Waals surface area contributed by atoms with E-state index in [-0.39, 0.29) is 5.56 Å². The Morgan fingerprint density at radius 1 is 1.47 bits per heavy atom. The fourth-order valence-electron chi connectivity index (χ4n) is 1.63. The molecule has 1 aliphatic rings. The Labute approximate surface area is 89.7 Å². The highest BCUT2D eigenvalue weighted by atomic mass is 32.2. The molecule has 2 N–H and O–H groups in total.